The molecule has 1 heterocycles. The fraction of sp³-hybridized carbons (Fsp3) is 0.438. The number of sulfonamides is 1. The standard InChI is InChI=1S/C16H22N4O6S/c17-9-14(21)19-10-13(16(23)24)20(15(22)12-7-4-8-18-12)27(25,26)11-5-2-1-3-6-11/h1-3,5-6,12-13,18H,4,7-10,17H2,(H,19,21)(H,23,24)/t12-,13-/m0/s1. The van der Waals surface area contributed by atoms with Gasteiger partial charge in [-0.05, 0) is 31.5 Å². The Balaban J connectivity index is 2.45. The molecule has 1 saturated heterocycles. The largest absolute Gasteiger partial charge is 0.480 e. The summed E-state index contributed by atoms with van der Waals surface area (Å²) in [6.07, 6.45) is 1.05. The van der Waals surface area contributed by atoms with Crippen LogP contribution in [0.15, 0.2) is 35.2 Å². The SMILES string of the molecule is NCC(=O)NC[C@@H](C(=O)O)N(C(=O)[C@@H]1CCCN1)S(=O)(=O)c1ccccc1. The number of amides is 2. The van der Waals surface area contributed by atoms with Gasteiger partial charge in [-0.15, -0.1) is 0 Å². The molecule has 148 valence electrons. The number of carbonyl (C=O) groups is 3. The summed E-state index contributed by atoms with van der Waals surface area (Å²) >= 11 is 0. The van der Waals surface area contributed by atoms with Crippen molar-refractivity contribution < 1.29 is 27.9 Å². The summed E-state index contributed by atoms with van der Waals surface area (Å²) in [5, 5.41) is 14.7. The summed E-state index contributed by atoms with van der Waals surface area (Å²) in [6, 6.07) is 4.46. The maximum Gasteiger partial charge on any atom is 0.329 e. The molecule has 27 heavy (non-hydrogen) atoms. The highest BCUT2D eigenvalue weighted by atomic mass is 32.2. The van der Waals surface area contributed by atoms with Gasteiger partial charge in [0.15, 0.2) is 6.04 Å². The number of nitrogens with zero attached hydrogens (tertiary/aromatic N) is 1. The fourth-order valence-electron chi connectivity index (χ4n) is 2.75. The van der Waals surface area contributed by atoms with E-state index in [1.165, 1.54) is 24.3 Å². The predicted octanol–water partition coefficient (Wildman–Crippen LogP) is -1.52. The zero-order valence-electron chi connectivity index (χ0n) is 14.5. The minimum atomic E-state index is -4.46. The molecule has 11 heteroatoms. The third-order valence-electron chi connectivity index (χ3n) is 4.12. The van der Waals surface area contributed by atoms with Crippen molar-refractivity contribution in [3.63, 3.8) is 0 Å². The minimum Gasteiger partial charge on any atom is -0.480 e. The smallest absolute Gasteiger partial charge is 0.329 e. The van der Waals surface area contributed by atoms with Crippen LogP contribution in [0.4, 0.5) is 0 Å². The van der Waals surface area contributed by atoms with Gasteiger partial charge in [0.05, 0.1) is 24.0 Å². The topological polar surface area (TPSA) is 159 Å². The lowest BCUT2D eigenvalue weighted by Gasteiger charge is -2.30. The molecule has 2 rings (SSSR count). The molecule has 0 unspecified atom stereocenters. The van der Waals surface area contributed by atoms with E-state index in [2.05, 4.69) is 10.6 Å². The Kier molecular flexibility index (Phi) is 6.88. The number of carbonyl (C=O) groups excluding carboxylic acids is 2. The molecule has 2 amide bonds. The van der Waals surface area contributed by atoms with Crippen LogP contribution >= 0.6 is 0 Å². The Hall–Kier alpha value is -2.50. The molecular weight excluding hydrogens is 376 g/mol. The number of hydrogen-bond acceptors (Lipinski definition) is 7. The van der Waals surface area contributed by atoms with Crippen molar-refractivity contribution in [3.8, 4) is 0 Å². The monoisotopic (exact) mass is 398 g/mol. The third-order valence-corrected chi connectivity index (χ3v) is 5.94. The first kappa shape index (κ1) is 20.8. The van der Waals surface area contributed by atoms with Gasteiger partial charge in [0.1, 0.15) is 0 Å². The molecule has 1 aliphatic rings. The molecule has 0 aromatic heterocycles. The van der Waals surface area contributed by atoms with Crippen molar-refractivity contribution in [1.29, 1.82) is 0 Å². The first-order valence-electron chi connectivity index (χ1n) is 8.35. The Morgan fingerprint density at radius 1 is 1.30 bits per heavy atom. The molecule has 1 aromatic carbocycles. The van der Waals surface area contributed by atoms with E-state index in [0.717, 1.165) is 0 Å². The molecule has 0 aliphatic carbocycles. The van der Waals surface area contributed by atoms with Gasteiger partial charge in [0.25, 0.3) is 15.9 Å². The lowest BCUT2D eigenvalue weighted by Crippen LogP contribution is -2.57. The van der Waals surface area contributed by atoms with Gasteiger partial charge in [-0.2, -0.15) is 0 Å². The van der Waals surface area contributed by atoms with Crippen LogP contribution in [0.3, 0.4) is 0 Å². The summed E-state index contributed by atoms with van der Waals surface area (Å²) in [6.45, 7) is -0.455. The van der Waals surface area contributed by atoms with Crippen LogP contribution in [0.5, 0.6) is 0 Å². The van der Waals surface area contributed by atoms with Crippen LogP contribution in [0, 0.1) is 0 Å². The molecular formula is C16H22N4O6S. The van der Waals surface area contributed by atoms with Gasteiger partial charge in [-0.3, -0.25) is 9.59 Å². The third kappa shape index (κ3) is 4.81. The summed E-state index contributed by atoms with van der Waals surface area (Å²) in [5.41, 5.74) is 5.18. The van der Waals surface area contributed by atoms with Crippen molar-refractivity contribution in [2.24, 2.45) is 5.73 Å². The van der Waals surface area contributed by atoms with Gasteiger partial charge in [-0.1, -0.05) is 18.2 Å². The highest BCUT2D eigenvalue weighted by Gasteiger charge is 2.43. The van der Waals surface area contributed by atoms with E-state index in [4.69, 9.17) is 5.73 Å². The Labute approximate surface area is 156 Å². The second kappa shape index (κ2) is 8.93. The second-order valence-electron chi connectivity index (χ2n) is 5.96. The summed E-state index contributed by atoms with van der Waals surface area (Å²) in [5.74, 6) is -3.09. The number of rotatable bonds is 8. The van der Waals surface area contributed by atoms with E-state index < -0.39 is 53.0 Å². The van der Waals surface area contributed by atoms with E-state index in [9.17, 15) is 27.9 Å². The molecule has 1 fully saturated rings. The van der Waals surface area contributed by atoms with E-state index >= 15 is 0 Å². The van der Waals surface area contributed by atoms with E-state index in [-0.39, 0.29) is 4.90 Å². The average Bonchev–Trinajstić information content (AvgIpc) is 3.19. The first-order chi connectivity index (χ1) is 12.8. The number of carboxylic acids is 1. The maximum atomic E-state index is 13.1. The number of aliphatic carboxylic acids is 1. The van der Waals surface area contributed by atoms with Gasteiger partial charge in [0, 0.05) is 0 Å². The minimum absolute atomic E-state index is 0.215. The molecule has 0 spiro atoms. The highest BCUT2D eigenvalue weighted by Crippen LogP contribution is 2.21. The summed E-state index contributed by atoms with van der Waals surface area (Å²) in [4.78, 5) is 35.9. The van der Waals surface area contributed by atoms with Crippen LogP contribution in [-0.2, 0) is 24.4 Å². The summed E-state index contributed by atoms with van der Waals surface area (Å²) in [7, 11) is -4.46. The molecule has 1 aromatic rings. The molecule has 0 bridgehead atoms. The number of nitrogens with one attached hydrogen (secondary N) is 2. The van der Waals surface area contributed by atoms with Crippen LogP contribution in [0.1, 0.15) is 12.8 Å². The highest BCUT2D eigenvalue weighted by molar-refractivity contribution is 7.89. The van der Waals surface area contributed by atoms with Gasteiger partial charge in [0.2, 0.25) is 5.91 Å². The molecule has 1 aliphatic heterocycles. The fourth-order valence-corrected chi connectivity index (χ4v) is 4.34. The number of benzene rings is 1. The molecule has 10 nitrogen and oxygen atoms in total. The van der Waals surface area contributed by atoms with Crippen LogP contribution in [0.25, 0.3) is 0 Å². The number of nitrogens with two attached hydrogens (primary N) is 1. The van der Waals surface area contributed by atoms with Gasteiger partial charge >= 0.3 is 5.97 Å². The van der Waals surface area contributed by atoms with Crippen molar-refractivity contribution >= 4 is 27.8 Å². The lowest BCUT2D eigenvalue weighted by atomic mass is 10.2. The maximum absolute atomic E-state index is 13.1. The molecule has 2 atom stereocenters. The summed E-state index contributed by atoms with van der Waals surface area (Å²) < 4.78 is 26.5. The van der Waals surface area contributed by atoms with Crippen LogP contribution in [-0.4, -0.2) is 67.3 Å². The van der Waals surface area contributed by atoms with Crippen molar-refractivity contribution in [2.45, 2.75) is 29.8 Å². The zero-order chi connectivity index (χ0) is 20.0. The normalized spacial score (nSPS) is 17.9. The quantitative estimate of drug-likeness (QED) is 0.411. The van der Waals surface area contributed by atoms with E-state index in [0.29, 0.717) is 23.7 Å². The Bertz CT molecular complexity index is 792. The van der Waals surface area contributed by atoms with Crippen LogP contribution in [0.2, 0.25) is 0 Å². The molecule has 5 N–H and O–H groups in total. The second-order valence-corrected chi connectivity index (χ2v) is 7.78. The van der Waals surface area contributed by atoms with Gasteiger partial charge < -0.3 is 21.5 Å². The number of carboxylic acid groups (broad SMARTS) is 1. The molecule has 0 radical (unpaired) electrons. The van der Waals surface area contributed by atoms with Crippen molar-refractivity contribution in [1.82, 2.24) is 14.9 Å². The van der Waals surface area contributed by atoms with Crippen molar-refractivity contribution in [2.75, 3.05) is 19.6 Å². The Morgan fingerprint density at radius 3 is 2.48 bits per heavy atom. The van der Waals surface area contributed by atoms with Gasteiger partial charge in [-0.25, -0.2) is 17.5 Å². The van der Waals surface area contributed by atoms with E-state index in [1.54, 1.807) is 6.07 Å². The zero-order valence-corrected chi connectivity index (χ0v) is 15.3. The lowest BCUT2D eigenvalue weighted by molar-refractivity contribution is -0.146. The molecule has 0 saturated carbocycles. The average molecular weight is 398 g/mol. The van der Waals surface area contributed by atoms with Crippen molar-refractivity contribution in [3.05, 3.63) is 30.3 Å². The van der Waals surface area contributed by atoms with E-state index in [1.807, 2.05) is 0 Å². The van der Waals surface area contributed by atoms with Crippen LogP contribution < -0.4 is 16.4 Å². The first-order valence-corrected chi connectivity index (χ1v) is 9.79. The predicted molar refractivity (Wildman–Crippen MR) is 95.0 cm³/mol. The number of hydrogen-bond donors (Lipinski definition) is 4. The Morgan fingerprint density at radius 2 is 1.96 bits per heavy atom.